The number of aryl methyl sites for hydroxylation is 3. The molecular formula is C23H27ClN4O2. The first-order valence-electron chi connectivity index (χ1n) is 9.68. The highest BCUT2D eigenvalue weighted by molar-refractivity contribution is 6.30. The van der Waals surface area contributed by atoms with Crippen LogP contribution in [-0.4, -0.2) is 34.8 Å². The van der Waals surface area contributed by atoms with Gasteiger partial charge in [-0.2, -0.15) is 5.10 Å². The molecule has 0 aliphatic carbocycles. The summed E-state index contributed by atoms with van der Waals surface area (Å²) in [6, 6.07) is 11.6. The second kappa shape index (κ2) is 8.79. The molecule has 0 radical (unpaired) electrons. The van der Waals surface area contributed by atoms with Gasteiger partial charge in [0.05, 0.1) is 5.69 Å². The van der Waals surface area contributed by atoms with E-state index in [9.17, 15) is 4.79 Å². The van der Waals surface area contributed by atoms with Gasteiger partial charge in [-0.15, -0.1) is 0 Å². The Balaban J connectivity index is 1.81. The predicted octanol–water partition coefficient (Wildman–Crippen LogP) is 5.34. The molecule has 30 heavy (non-hydrogen) atoms. The Morgan fingerprint density at radius 2 is 1.90 bits per heavy atom. The maximum Gasteiger partial charge on any atom is 0.321 e. The van der Waals surface area contributed by atoms with E-state index in [0.29, 0.717) is 11.8 Å². The number of rotatable bonds is 5. The first-order valence-corrected chi connectivity index (χ1v) is 10.1. The van der Waals surface area contributed by atoms with Gasteiger partial charge >= 0.3 is 6.03 Å². The van der Waals surface area contributed by atoms with E-state index in [1.54, 1.807) is 18.8 Å². The average molecular weight is 427 g/mol. The molecule has 0 bridgehead atoms. The summed E-state index contributed by atoms with van der Waals surface area (Å²) in [5.74, 6) is 0.784. The molecule has 158 valence electrons. The summed E-state index contributed by atoms with van der Waals surface area (Å²) in [4.78, 5) is 13.6. The van der Waals surface area contributed by atoms with Crippen molar-refractivity contribution in [3.05, 3.63) is 63.8 Å². The lowest BCUT2D eigenvalue weighted by Crippen LogP contribution is -2.28. The predicted molar refractivity (Wildman–Crippen MR) is 121 cm³/mol. The lowest BCUT2D eigenvalue weighted by Gasteiger charge is -2.18. The first kappa shape index (κ1) is 21.7. The number of benzene rings is 2. The molecule has 0 aliphatic rings. The van der Waals surface area contributed by atoms with Crippen molar-refractivity contribution in [2.45, 2.75) is 27.4 Å². The molecule has 2 amide bonds. The molecule has 0 spiro atoms. The van der Waals surface area contributed by atoms with Crippen LogP contribution in [-0.2, 0) is 13.7 Å². The van der Waals surface area contributed by atoms with E-state index in [4.69, 9.17) is 16.3 Å². The van der Waals surface area contributed by atoms with Crippen LogP contribution in [0.4, 0.5) is 10.5 Å². The van der Waals surface area contributed by atoms with E-state index in [-0.39, 0.29) is 6.03 Å². The normalized spacial score (nSPS) is 10.8. The molecule has 3 aromatic rings. The smallest absolute Gasteiger partial charge is 0.321 e. The fourth-order valence-corrected chi connectivity index (χ4v) is 3.36. The third-order valence-corrected chi connectivity index (χ3v) is 5.61. The maximum atomic E-state index is 12.1. The van der Waals surface area contributed by atoms with Crippen molar-refractivity contribution in [2.75, 3.05) is 19.4 Å². The highest BCUT2D eigenvalue weighted by atomic mass is 35.5. The van der Waals surface area contributed by atoms with Crippen LogP contribution in [0.1, 0.15) is 22.3 Å². The molecule has 1 N–H and O–H groups in total. The molecule has 2 aromatic carbocycles. The fraction of sp³-hybridized carbons (Fsp3) is 0.304. The van der Waals surface area contributed by atoms with Crippen molar-refractivity contribution in [1.82, 2.24) is 14.7 Å². The van der Waals surface area contributed by atoms with Crippen LogP contribution in [0.5, 0.6) is 5.75 Å². The van der Waals surface area contributed by atoms with Crippen LogP contribution in [0, 0.1) is 20.8 Å². The van der Waals surface area contributed by atoms with Gasteiger partial charge in [-0.25, -0.2) is 4.79 Å². The second-order valence-corrected chi connectivity index (χ2v) is 7.94. The van der Waals surface area contributed by atoms with Crippen molar-refractivity contribution in [2.24, 2.45) is 7.05 Å². The Morgan fingerprint density at radius 3 is 2.50 bits per heavy atom. The van der Waals surface area contributed by atoms with Gasteiger partial charge in [-0.3, -0.25) is 4.68 Å². The minimum absolute atomic E-state index is 0.174. The van der Waals surface area contributed by atoms with Gasteiger partial charge in [0.1, 0.15) is 17.5 Å². The highest BCUT2D eigenvalue weighted by Gasteiger charge is 2.15. The molecule has 0 fully saturated rings. The Labute approximate surface area is 182 Å². The van der Waals surface area contributed by atoms with E-state index in [2.05, 4.69) is 10.4 Å². The van der Waals surface area contributed by atoms with Gasteiger partial charge in [-0.05, 0) is 56.2 Å². The zero-order valence-corrected chi connectivity index (χ0v) is 19.0. The Bertz CT molecular complexity index is 1090. The Morgan fingerprint density at radius 1 is 1.17 bits per heavy atom. The molecule has 1 heterocycles. The van der Waals surface area contributed by atoms with Gasteiger partial charge in [0.25, 0.3) is 0 Å². The Hall–Kier alpha value is -2.99. The number of ether oxygens (including phenoxy) is 1. The first-order chi connectivity index (χ1) is 14.2. The van der Waals surface area contributed by atoms with Crippen LogP contribution >= 0.6 is 11.6 Å². The van der Waals surface area contributed by atoms with E-state index in [1.807, 2.05) is 64.2 Å². The molecule has 0 saturated carbocycles. The van der Waals surface area contributed by atoms with Gasteiger partial charge in [-0.1, -0.05) is 23.7 Å². The summed E-state index contributed by atoms with van der Waals surface area (Å²) in [6.45, 7) is 6.33. The largest absolute Gasteiger partial charge is 0.489 e. The monoisotopic (exact) mass is 426 g/mol. The lowest BCUT2D eigenvalue weighted by atomic mass is 10.1. The van der Waals surface area contributed by atoms with Crippen molar-refractivity contribution in [3.8, 4) is 17.0 Å². The zero-order chi connectivity index (χ0) is 22.0. The highest BCUT2D eigenvalue weighted by Crippen LogP contribution is 2.31. The summed E-state index contributed by atoms with van der Waals surface area (Å²) < 4.78 is 7.79. The minimum Gasteiger partial charge on any atom is -0.489 e. The third kappa shape index (κ3) is 4.44. The SMILES string of the molecule is Cc1cc(-c2nn(C)c(Cl)c2C)ccc1OCc1c(C)cccc1NC(=O)N(C)C. The number of anilines is 1. The molecule has 6 nitrogen and oxygen atoms in total. The van der Waals surface area contributed by atoms with Gasteiger partial charge in [0.15, 0.2) is 0 Å². The van der Waals surface area contributed by atoms with Crippen LogP contribution in [0.15, 0.2) is 36.4 Å². The lowest BCUT2D eigenvalue weighted by molar-refractivity contribution is 0.230. The number of nitrogens with one attached hydrogen (secondary N) is 1. The second-order valence-electron chi connectivity index (χ2n) is 7.58. The summed E-state index contributed by atoms with van der Waals surface area (Å²) in [5.41, 5.74) is 6.57. The fourth-order valence-electron chi connectivity index (χ4n) is 3.23. The molecule has 0 unspecified atom stereocenters. The number of hydrogen-bond acceptors (Lipinski definition) is 3. The Kier molecular flexibility index (Phi) is 6.37. The minimum atomic E-state index is -0.174. The number of nitrogens with zero attached hydrogens (tertiary/aromatic N) is 3. The van der Waals surface area contributed by atoms with E-state index >= 15 is 0 Å². The number of amides is 2. The zero-order valence-electron chi connectivity index (χ0n) is 18.2. The van der Waals surface area contributed by atoms with E-state index < -0.39 is 0 Å². The number of hydrogen-bond donors (Lipinski definition) is 1. The maximum absolute atomic E-state index is 12.1. The summed E-state index contributed by atoms with van der Waals surface area (Å²) >= 11 is 6.26. The summed E-state index contributed by atoms with van der Waals surface area (Å²) in [6.07, 6.45) is 0. The number of carbonyl (C=O) groups excluding carboxylic acids is 1. The standard InChI is InChI=1S/C23H27ClN4O2/c1-14-8-7-9-19(25-23(29)27(4)5)18(14)13-30-20-11-10-17(12-15(20)2)21-16(3)22(24)28(6)26-21/h7-12H,13H2,1-6H3,(H,25,29). The molecule has 7 heteroatoms. The average Bonchev–Trinajstić information content (AvgIpc) is 2.95. The van der Waals surface area contributed by atoms with Crippen LogP contribution < -0.4 is 10.1 Å². The van der Waals surface area contributed by atoms with Crippen molar-refractivity contribution in [1.29, 1.82) is 0 Å². The summed E-state index contributed by atoms with van der Waals surface area (Å²) in [7, 11) is 5.25. The van der Waals surface area contributed by atoms with E-state index in [1.165, 1.54) is 4.90 Å². The van der Waals surface area contributed by atoms with Crippen LogP contribution in [0.2, 0.25) is 5.15 Å². The van der Waals surface area contributed by atoms with Crippen molar-refractivity contribution in [3.63, 3.8) is 0 Å². The van der Waals surface area contributed by atoms with Gasteiger partial charge in [0, 0.05) is 43.5 Å². The quantitative estimate of drug-likeness (QED) is 0.599. The number of carbonyl (C=O) groups is 1. The number of urea groups is 1. The van der Waals surface area contributed by atoms with E-state index in [0.717, 1.165) is 44.9 Å². The summed E-state index contributed by atoms with van der Waals surface area (Å²) in [5, 5.41) is 8.07. The molecule has 0 saturated heterocycles. The molecule has 0 aliphatic heterocycles. The number of halogens is 1. The van der Waals surface area contributed by atoms with Gasteiger partial charge in [0.2, 0.25) is 0 Å². The topological polar surface area (TPSA) is 59.4 Å². The molecule has 1 aromatic heterocycles. The number of aromatic nitrogens is 2. The molecule has 0 atom stereocenters. The van der Waals surface area contributed by atoms with Crippen LogP contribution in [0.25, 0.3) is 11.3 Å². The molecular weight excluding hydrogens is 400 g/mol. The van der Waals surface area contributed by atoms with Crippen molar-refractivity contribution < 1.29 is 9.53 Å². The van der Waals surface area contributed by atoms with Crippen LogP contribution in [0.3, 0.4) is 0 Å². The van der Waals surface area contributed by atoms with Crippen molar-refractivity contribution >= 4 is 23.3 Å². The third-order valence-electron chi connectivity index (χ3n) is 5.08. The van der Waals surface area contributed by atoms with Gasteiger partial charge < -0.3 is 15.0 Å². The molecule has 3 rings (SSSR count).